The predicted molar refractivity (Wildman–Crippen MR) is 52.4 cm³/mol. The van der Waals surface area contributed by atoms with Gasteiger partial charge in [-0.3, -0.25) is 0 Å². The molecule has 0 aromatic rings. The molecule has 0 fully saturated rings. The van der Waals surface area contributed by atoms with Crippen LogP contribution in [0.1, 0.15) is 0 Å². The van der Waals surface area contributed by atoms with Crippen LogP contribution in [0.25, 0.3) is 0 Å². The molecule has 0 unspecified atom stereocenters. The topological polar surface area (TPSA) is 0 Å². The Bertz CT molecular complexity index is 31.2. The Morgan fingerprint density at radius 1 is 0.600 bits per heavy atom. The average Bonchev–Trinajstić information content (AvgIpc) is 1.25. The van der Waals surface area contributed by atoms with E-state index in [4.69, 9.17) is 0 Å². The summed E-state index contributed by atoms with van der Waals surface area (Å²) in [7, 11) is 0.241. The smallest absolute Gasteiger partial charge is 0.0379 e. The van der Waals surface area contributed by atoms with Crippen molar-refractivity contribution in [1.82, 2.24) is 0 Å². The summed E-state index contributed by atoms with van der Waals surface area (Å²) in [5.41, 5.74) is 0. The Morgan fingerprint density at radius 2 is 0.600 bits per heavy atom. The zero-order valence-electron chi connectivity index (χ0n) is 8.30. The second kappa shape index (κ2) is 16.9. The van der Waals surface area contributed by atoms with Crippen LogP contribution in [0, 0.1) is 0 Å². The van der Waals surface area contributed by atoms with Crippen LogP contribution >= 0.6 is 0 Å². The van der Waals surface area contributed by atoms with Gasteiger partial charge in [-0.05, 0) is 0 Å². The molecule has 62 valence electrons. The van der Waals surface area contributed by atoms with Crippen molar-refractivity contribution < 1.29 is 17.1 Å². The zero-order chi connectivity index (χ0) is 7.15. The minimum Gasteiger partial charge on any atom is -0.0715 e. The Kier molecular flexibility index (Phi) is 38.1. The van der Waals surface area contributed by atoms with Crippen molar-refractivity contribution in [1.29, 1.82) is 0 Å². The minimum absolute atomic E-state index is 0. The molecule has 4 radical (unpaired) electrons. The minimum atomic E-state index is 0. The van der Waals surface area contributed by atoms with Crippen LogP contribution in [-0.2, 0) is 17.1 Å². The monoisotopic (exact) mass is 216 g/mol. The third-order valence-corrected chi connectivity index (χ3v) is 0. The molecule has 0 spiro atoms. The summed E-state index contributed by atoms with van der Waals surface area (Å²) in [6.45, 7) is 13.6. The summed E-state index contributed by atoms with van der Waals surface area (Å²) in [6, 6.07) is 0. The fourth-order valence-electron chi connectivity index (χ4n) is 0. The largest absolute Gasteiger partial charge is 0.0715 e. The molecule has 0 aliphatic carbocycles. The first kappa shape index (κ1) is 22.6. The maximum Gasteiger partial charge on any atom is 0.0379 e. The standard InChI is InChI=1S/2C3H9Si.Cu.Li/c2*1-4(2)3;;/h2*1-3H3;;. The maximum absolute atomic E-state index is 2.27. The summed E-state index contributed by atoms with van der Waals surface area (Å²) >= 11 is 0. The van der Waals surface area contributed by atoms with E-state index in [1.165, 1.54) is 0 Å². The van der Waals surface area contributed by atoms with Crippen molar-refractivity contribution >= 4 is 36.5 Å². The van der Waals surface area contributed by atoms with Crippen molar-refractivity contribution in [2.45, 2.75) is 39.3 Å². The number of hydrogen-bond donors (Lipinski definition) is 0. The normalized spacial score (nSPS) is 7.20. The molecule has 4 heteroatoms. The molecular weight excluding hydrogens is 199 g/mol. The Labute approximate surface area is 92.4 Å². The van der Waals surface area contributed by atoms with Gasteiger partial charge in [0.15, 0.2) is 0 Å². The average molecular weight is 217 g/mol. The van der Waals surface area contributed by atoms with E-state index in [0.29, 0.717) is 0 Å². The molecule has 0 aliphatic heterocycles. The van der Waals surface area contributed by atoms with E-state index in [1.807, 2.05) is 0 Å². The summed E-state index contributed by atoms with van der Waals surface area (Å²) in [5.74, 6) is 0. The van der Waals surface area contributed by atoms with Crippen molar-refractivity contribution in [3.63, 3.8) is 0 Å². The molecule has 0 nitrogen and oxygen atoms in total. The molecule has 0 aliphatic rings. The Morgan fingerprint density at radius 3 is 0.600 bits per heavy atom. The van der Waals surface area contributed by atoms with Crippen LogP contribution in [0.4, 0.5) is 0 Å². The van der Waals surface area contributed by atoms with Gasteiger partial charge in [0.05, 0.1) is 0 Å². The van der Waals surface area contributed by atoms with Crippen LogP contribution in [0.3, 0.4) is 0 Å². The molecule has 0 N–H and O–H groups in total. The van der Waals surface area contributed by atoms with Crippen LogP contribution in [0.15, 0.2) is 0 Å². The second-order valence-corrected chi connectivity index (χ2v) is 9.00. The van der Waals surface area contributed by atoms with E-state index in [9.17, 15) is 0 Å². The van der Waals surface area contributed by atoms with Gasteiger partial charge in [-0.2, -0.15) is 0 Å². The number of hydrogen-bond acceptors (Lipinski definition) is 0. The van der Waals surface area contributed by atoms with Crippen molar-refractivity contribution in [2.24, 2.45) is 0 Å². The zero-order valence-corrected chi connectivity index (χ0v) is 11.2. The molecule has 0 heterocycles. The molecule has 0 saturated heterocycles. The van der Waals surface area contributed by atoms with Gasteiger partial charge in [0, 0.05) is 53.5 Å². The molecular formula is C6H18CuLiSi2. The molecule has 0 atom stereocenters. The predicted octanol–water partition coefficient (Wildman–Crippen LogP) is 2.36. The van der Waals surface area contributed by atoms with Gasteiger partial charge in [-0.25, -0.2) is 0 Å². The third kappa shape index (κ3) is 290. The molecule has 10 heavy (non-hydrogen) atoms. The third-order valence-electron chi connectivity index (χ3n) is 0. The van der Waals surface area contributed by atoms with E-state index in [0.717, 1.165) is 0 Å². The second-order valence-electron chi connectivity index (χ2n) is 3.00. The maximum atomic E-state index is 2.27. The SMILES string of the molecule is C[Si](C)C.C[Si](C)C.[Cu].[Li]. The van der Waals surface area contributed by atoms with Crippen molar-refractivity contribution in [2.75, 3.05) is 0 Å². The van der Waals surface area contributed by atoms with Gasteiger partial charge in [0.1, 0.15) is 0 Å². The van der Waals surface area contributed by atoms with Gasteiger partial charge in [-0.15, -0.1) is 0 Å². The fourth-order valence-corrected chi connectivity index (χ4v) is 0. The van der Waals surface area contributed by atoms with Gasteiger partial charge in [0.2, 0.25) is 0 Å². The van der Waals surface area contributed by atoms with Crippen LogP contribution in [0.2, 0.25) is 39.3 Å². The van der Waals surface area contributed by atoms with E-state index in [-0.39, 0.29) is 53.5 Å². The van der Waals surface area contributed by atoms with Crippen LogP contribution < -0.4 is 0 Å². The van der Waals surface area contributed by atoms with Crippen molar-refractivity contribution in [3.8, 4) is 0 Å². The van der Waals surface area contributed by atoms with Gasteiger partial charge >= 0.3 is 0 Å². The summed E-state index contributed by atoms with van der Waals surface area (Å²) in [4.78, 5) is 0. The van der Waals surface area contributed by atoms with Gasteiger partial charge < -0.3 is 0 Å². The first-order valence-corrected chi connectivity index (χ1v) is 9.00. The summed E-state index contributed by atoms with van der Waals surface area (Å²) < 4.78 is 0. The Balaban J connectivity index is -0.0000000300. The fraction of sp³-hybridized carbons (Fsp3) is 1.00. The van der Waals surface area contributed by atoms with Crippen molar-refractivity contribution in [3.05, 3.63) is 0 Å². The quantitative estimate of drug-likeness (QED) is 0.546. The van der Waals surface area contributed by atoms with E-state index < -0.39 is 0 Å². The first-order valence-electron chi connectivity index (χ1n) is 3.00. The van der Waals surface area contributed by atoms with Crippen LogP contribution in [-0.4, -0.2) is 36.5 Å². The van der Waals surface area contributed by atoms with E-state index in [1.54, 1.807) is 0 Å². The first-order chi connectivity index (χ1) is 3.46. The molecule has 0 rings (SSSR count). The molecule has 0 bridgehead atoms. The summed E-state index contributed by atoms with van der Waals surface area (Å²) in [5, 5.41) is 0. The van der Waals surface area contributed by atoms with E-state index in [2.05, 4.69) is 39.3 Å². The Hall–Kier alpha value is 1.55. The van der Waals surface area contributed by atoms with Gasteiger partial charge in [0.25, 0.3) is 0 Å². The molecule has 0 saturated carbocycles. The summed E-state index contributed by atoms with van der Waals surface area (Å²) in [6.07, 6.45) is 0. The molecule has 0 aromatic heterocycles. The number of rotatable bonds is 0. The van der Waals surface area contributed by atoms with Gasteiger partial charge in [-0.1, -0.05) is 39.3 Å². The van der Waals surface area contributed by atoms with E-state index >= 15 is 0 Å². The molecule has 0 aromatic carbocycles. The molecule has 0 amide bonds. The van der Waals surface area contributed by atoms with Crippen LogP contribution in [0.5, 0.6) is 0 Å².